The number of nitrogens with one attached hydrogen (secondary N) is 3. The Morgan fingerprint density at radius 3 is 2.25 bits per heavy atom. The van der Waals surface area contributed by atoms with E-state index in [1.54, 1.807) is 0 Å². The summed E-state index contributed by atoms with van der Waals surface area (Å²) in [6.07, 6.45) is 2.18. The van der Waals surface area contributed by atoms with Gasteiger partial charge in [0.2, 0.25) is 0 Å². The van der Waals surface area contributed by atoms with Gasteiger partial charge in [-0.2, -0.15) is 0 Å². The number of carbonyl (C=O) groups excluding carboxylic acids is 1. The van der Waals surface area contributed by atoms with Gasteiger partial charge in [0.15, 0.2) is 5.82 Å². The predicted octanol–water partition coefficient (Wildman–Crippen LogP) is 2.10. The highest BCUT2D eigenvalue weighted by atomic mass is 16.2. The highest BCUT2D eigenvalue weighted by Gasteiger charge is 2.03. The first-order valence-electron chi connectivity index (χ1n) is 6.20. The minimum Gasteiger partial charge on any atom is -0.351 e. The number of hydrogen-bond donors (Lipinski definition) is 5. The average molecular weight is 287 g/mol. The van der Waals surface area contributed by atoms with Gasteiger partial charge >= 0.3 is 6.03 Å². The summed E-state index contributed by atoms with van der Waals surface area (Å²) in [5.74, 6) is 0.264. The monoisotopic (exact) mass is 287 g/mol. The number of amides is 2. The predicted molar refractivity (Wildman–Crippen MR) is 87.9 cm³/mol. The van der Waals surface area contributed by atoms with E-state index in [0.717, 1.165) is 6.21 Å². The molecule has 8 heteroatoms. The summed E-state index contributed by atoms with van der Waals surface area (Å²) in [6.45, 7) is 8.00. The first-order chi connectivity index (χ1) is 9.63. The summed E-state index contributed by atoms with van der Waals surface area (Å²) in [6, 6.07) is 0.696. The number of anilines is 1. The Bertz CT molecular complexity index is 403. The quantitative estimate of drug-likeness (QED) is 0.540. The second kappa shape index (κ2) is 16.6. The van der Waals surface area contributed by atoms with Crippen molar-refractivity contribution >= 4 is 23.8 Å². The second-order valence-electron chi connectivity index (χ2n) is 2.31. The molecule has 0 aromatic carbocycles. The highest BCUT2D eigenvalue weighted by Crippen LogP contribution is 2.01. The molecule has 0 aliphatic rings. The first kappa shape index (κ1) is 22.8. The summed E-state index contributed by atoms with van der Waals surface area (Å²) in [7, 11) is 1.50. The first-order valence-corrected chi connectivity index (χ1v) is 6.20. The largest absolute Gasteiger partial charge is 0.351 e. The van der Waals surface area contributed by atoms with Crippen molar-refractivity contribution in [3.63, 3.8) is 0 Å². The van der Waals surface area contributed by atoms with Crippen LogP contribution in [0.2, 0.25) is 0 Å². The normalized spacial score (nSPS) is 7.30. The molecule has 0 saturated carbocycles. The Labute approximate surface area is 123 Å². The van der Waals surface area contributed by atoms with E-state index < -0.39 is 6.03 Å². The SMILES string of the molecule is CC.CC.CN.N=CC(=N)c1nccc(NC(N)=O)n1.[HH].[HH]. The summed E-state index contributed by atoms with van der Waals surface area (Å²) >= 11 is 0. The number of rotatable bonds is 3. The fraction of sp³-hybridized carbons (Fsp3) is 0.417. The van der Waals surface area contributed by atoms with E-state index in [0.29, 0.717) is 0 Å². The molecule has 1 aromatic heterocycles. The van der Waals surface area contributed by atoms with Crippen molar-refractivity contribution < 1.29 is 7.65 Å². The van der Waals surface area contributed by atoms with Gasteiger partial charge in [0.25, 0.3) is 0 Å². The van der Waals surface area contributed by atoms with Gasteiger partial charge in [-0.3, -0.25) is 10.7 Å². The van der Waals surface area contributed by atoms with Gasteiger partial charge in [-0.05, 0) is 13.1 Å². The van der Waals surface area contributed by atoms with Crippen molar-refractivity contribution in [2.24, 2.45) is 11.5 Å². The van der Waals surface area contributed by atoms with E-state index in [1.165, 1.54) is 19.3 Å². The standard InChI is InChI=1S/C7H8N6O.2C2H6.CH5N.2H2/c8-3-4(9)6-11-2-1-5(12-6)13-7(10)14;3*1-2;;/h1-3,8-9H,(H3,10,11,12,13,14);2*1-2H3;2H2,1H3;2*1H. The van der Waals surface area contributed by atoms with Gasteiger partial charge in [0, 0.05) is 15.3 Å². The van der Waals surface area contributed by atoms with E-state index in [-0.39, 0.29) is 20.2 Å². The molecule has 0 atom stereocenters. The Morgan fingerprint density at radius 1 is 1.35 bits per heavy atom. The average Bonchev–Trinajstić information content (AvgIpc) is 2.52. The molecule has 0 spiro atoms. The Hall–Kier alpha value is -2.35. The lowest BCUT2D eigenvalue weighted by Crippen LogP contribution is -2.21. The molecule has 0 aliphatic heterocycles. The van der Waals surface area contributed by atoms with E-state index in [1.807, 2.05) is 27.7 Å². The molecule has 20 heavy (non-hydrogen) atoms. The zero-order chi connectivity index (χ0) is 16.6. The Kier molecular flexibility index (Phi) is 19.0. The summed E-state index contributed by atoms with van der Waals surface area (Å²) < 4.78 is 0. The zero-order valence-electron chi connectivity index (χ0n) is 12.7. The molecule has 0 aliphatic carbocycles. The maximum Gasteiger partial charge on any atom is 0.317 e. The van der Waals surface area contributed by atoms with Crippen molar-refractivity contribution in [1.29, 1.82) is 10.8 Å². The summed E-state index contributed by atoms with van der Waals surface area (Å²) in [4.78, 5) is 18.0. The van der Waals surface area contributed by atoms with Crippen LogP contribution < -0.4 is 16.8 Å². The number of carbonyl (C=O) groups is 1. The van der Waals surface area contributed by atoms with E-state index in [9.17, 15) is 4.79 Å². The van der Waals surface area contributed by atoms with E-state index in [4.69, 9.17) is 16.6 Å². The highest BCUT2D eigenvalue weighted by molar-refractivity contribution is 6.34. The van der Waals surface area contributed by atoms with Gasteiger partial charge in [0.05, 0.1) is 0 Å². The number of hydrogen-bond acceptors (Lipinski definition) is 6. The minimum atomic E-state index is -0.740. The van der Waals surface area contributed by atoms with Crippen LogP contribution in [-0.4, -0.2) is 35.0 Å². The van der Waals surface area contributed by atoms with Crippen LogP contribution in [0.1, 0.15) is 36.4 Å². The molecule has 0 fully saturated rings. The number of urea groups is 1. The molecule has 2 amide bonds. The molecule has 0 saturated heterocycles. The van der Waals surface area contributed by atoms with Gasteiger partial charge in [-0.15, -0.1) is 0 Å². The number of primary amides is 1. The van der Waals surface area contributed by atoms with Crippen LogP contribution >= 0.6 is 0 Å². The molecule has 118 valence electrons. The Balaban J connectivity index is -0.000000108. The topological polar surface area (TPSA) is 155 Å². The van der Waals surface area contributed by atoms with Gasteiger partial charge in [-0.25, -0.2) is 14.8 Å². The molecular formula is C12H29N7O. The lowest BCUT2D eigenvalue weighted by Gasteiger charge is -2.01. The lowest BCUT2D eigenvalue weighted by atomic mass is 10.4. The maximum absolute atomic E-state index is 10.5. The molecule has 0 bridgehead atoms. The van der Waals surface area contributed by atoms with Crippen LogP contribution in [0.25, 0.3) is 0 Å². The van der Waals surface area contributed by atoms with Crippen LogP contribution in [0.15, 0.2) is 12.3 Å². The number of nitrogens with two attached hydrogens (primary N) is 2. The Morgan fingerprint density at radius 2 is 1.85 bits per heavy atom. The van der Waals surface area contributed by atoms with Gasteiger partial charge < -0.3 is 16.9 Å². The summed E-state index contributed by atoms with van der Waals surface area (Å²) in [5, 5.41) is 16.3. The molecule has 0 unspecified atom stereocenters. The fourth-order valence-electron chi connectivity index (χ4n) is 0.749. The molecule has 8 nitrogen and oxygen atoms in total. The van der Waals surface area contributed by atoms with Crippen LogP contribution in [-0.2, 0) is 0 Å². The van der Waals surface area contributed by atoms with Crippen molar-refractivity contribution in [3.05, 3.63) is 18.1 Å². The molecule has 0 radical (unpaired) electrons. The number of aromatic nitrogens is 2. The summed E-state index contributed by atoms with van der Waals surface area (Å²) in [5.41, 5.74) is 9.23. The zero-order valence-corrected chi connectivity index (χ0v) is 12.7. The van der Waals surface area contributed by atoms with Crippen molar-refractivity contribution in [2.45, 2.75) is 27.7 Å². The third kappa shape index (κ3) is 10.8. The molecule has 1 heterocycles. The maximum atomic E-state index is 10.5. The van der Waals surface area contributed by atoms with Gasteiger partial charge in [0.1, 0.15) is 11.5 Å². The van der Waals surface area contributed by atoms with Crippen LogP contribution in [0.4, 0.5) is 10.6 Å². The third-order valence-corrected chi connectivity index (χ3v) is 1.29. The van der Waals surface area contributed by atoms with Crippen molar-refractivity contribution in [3.8, 4) is 0 Å². The van der Waals surface area contributed by atoms with Crippen molar-refractivity contribution in [2.75, 3.05) is 12.4 Å². The van der Waals surface area contributed by atoms with Gasteiger partial charge in [-0.1, -0.05) is 27.7 Å². The van der Waals surface area contributed by atoms with Crippen molar-refractivity contribution in [1.82, 2.24) is 9.97 Å². The smallest absolute Gasteiger partial charge is 0.317 e. The molecule has 1 rings (SSSR count). The second-order valence-corrected chi connectivity index (χ2v) is 2.31. The van der Waals surface area contributed by atoms with Crippen LogP contribution in [0, 0.1) is 10.8 Å². The van der Waals surface area contributed by atoms with E-state index in [2.05, 4.69) is 21.0 Å². The third-order valence-electron chi connectivity index (χ3n) is 1.29. The number of nitrogens with zero attached hydrogens (tertiary/aromatic N) is 2. The lowest BCUT2D eigenvalue weighted by molar-refractivity contribution is 0.259. The molecule has 7 N–H and O–H groups in total. The van der Waals surface area contributed by atoms with Crippen LogP contribution in [0.5, 0.6) is 0 Å². The molecular weight excluding hydrogens is 258 g/mol. The van der Waals surface area contributed by atoms with Crippen LogP contribution in [0.3, 0.4) is 0 Å². The van der Waals surface area contributed by atoms with E-state index >= 15 is 0 Å². The minimum absolute atomic E-state index is 0. The fourth-order valence-corrected chi connectivity index (χ4v) is 0.749. The molecule has 1 aromatic rings.